The van der Waals surface area contributed by atoms with Gasteiger partial charge in [0.25, 0.3) is 0 Å². The molecule has 0 aromatic heterocycles. The molecule has 0 bridgehead atoms. The summed E-state index contributed by atoms with van der Waals surface area (Å²) in [6.07, 6.45) is -17.4. The fraction of sp³-hybridized carbons (Fsp3) is 0.536. The predicted octanol–water partition coefficient (Wildman–Crippen LogP) is 5.30. The van der Waals surface area contributed by atoms with Crippen molar-refractivity contribution in [1.29, 1.82) is 0 Å². The number of phenolic OH excluding ortho intramolecular Hbond substituents is 15. The van der Waals surface area contributed by atoms with Gasteiger partial charge in [0.05, 0.1) is 65.4 Å². The van der Waals surface area contributed by atoms with Crippen LogP contribution in [-0.4, -0.2) is 265 Å². The van der Waals surface area contributed by atoms with Gasteiger partial charge in [-0.3, -0.25) is 0 Å². The number of carbonyl (C=O) groups is 5. The van der Waals surface area contributed by atoms with Crippen LogP contribution in [0.1, 0.15) is 165 Å². The molecule has 121 heavy (non-hydrogen) atoms. The second kappa shape index (κ2) is 35.1. The lowest BCUT2D eigenvalue weighted by Crippen LogP contribution is -2.71. The van der Waals surface area contributed by atoms with Crippen molar-refractivity contribution in [3.05, 3.63) is 112 Å². The van der Waals surface area contributed by atoms with Crippen LogP contribution >= 0.6 is 0 Å². The average Bonchev–Trinajstić information content (AvgIpc) is 1.66. The molecule has 37 heteroatoms. The van der Waals surface area contributed by atoms with Crippen LogP contribution in [-0.2, 0) is 42.6 Å². The van der Waals surface area contributed by atoms with Gasteiger partial charge in [-0.2, -0.15) is 0 Å². The van der Waals surface area contributed by atoms with Crippen molar-refractivity contribution in [3.8, 4) is 86.2 Å². The van der Waals surface area contributed by atoms with Gasteiger partial charge >= 0.3 is 29.8 Å². The number of aliphatic hydroxyl groups excluding tert-OH is 8. The molecule has 0 spiro atoms. The predicted molar refractivity (Wildman–Crippen MR) is 412 cm³/mol. The number of ether oxygens (including phenoxy) is 9. The zero-order valence-corrected chi connectivity index (χ0v) is 67.0. The van der Waals surface area contributed by atoms with E-state index in [2.05, 4.69) is 61.1 Å². The molecule has 2 aliphatic heterocycles. The molecule has 7 aliphatic rings. The van der Waals surface area contributed by atoms with Gasteiger partial charge in [0.2, 0.25) is 0 Å². The molecule has 5 aromatic rings. The van der Waals surface area contributed by atoms with Crippen LogP contribution < -0.4 is 0 Å². The molecule has 0 amide bonds. The lowest BCUT2D eigenvalue weighted by atomic mass is 9.34. The Morgan fingerprint density at radius 2 is 0.917 bits per heavy atom. The smallest absolute Gasteiger partial charge is 0.338 e. The average molecular weight is 1710 g/mol. The first-order valence-electron chi connectivity index (χ1n) is 39.1. The van der Waals surface area contributed by atoms with Crippen LogP contribution in [0.25, 0.3) is 0 Å². The summed E-state index contributed by atoms with van der Waals surface area (Å²) in [6, 6.07) is 6.02. The van der Waals surface area contributed by atoms with Gasteiger partial charge in [-0.05, 0) is 185 Å². The van der Waals surface area contributed by atoms with E-state index in [0.717, 1.165) is 32.1 Å². The van der Waals surface area contributed by atoms with Crippen LogP contribution in [0.2, 0.25) is 0 Å². The number of phenols is 15. The van der Waals surface area contributed by atoms with E-state index in [4.69, 9.17) is 42.6 Å². The number of benzene rings is 5. The molecule has 5 aromatic carbocycles. The van der Waals surface area contributed by atoms with Crippen LogP contribution in [0.4, 0.5) is 0 Å². The Balaban J connectivity index is 0.000000242. The molecule has 2 saturated heterocycles. The van der Waals surface area contributed by atoms with Gasteiger partial charge < -0.3 is 160 Å². The molecule has 5 aliphatic carbocycles. The first-order chi connectivity index (χ1) is 56.6. The van der Waals surface area contributed by atoms with Gasteiger partial charge in [-0.15, -0.1) is 0 Å². The molecule has 37 nitrogen and oxygen atoms in total. The minimum Gasteiger partial charge on any atom is -0.504 e. The largest absolute Gasteiger partial charge is 0.504 e. The second-order valence-corrected chi connectivity index (χ2v) is 34.0. The fourth-order valence-electron chi connectivity index (χ4n) is 19.6. The molecule has 25 atom stereocenters. The Labute approximate surface area is 691 Å². The number of aromatic hydroxyl groups is 15. The Morgan fingerprint density at radius 1 is 0.479 bits per heavy atom. The summed E-state index contributed by atoms with van der Waals surface area (Å²) < 4.78 is 53.2. The standard InChI is InChI=1S/C42H34O25.C42H70O12/c43-19-1-13(2-20(44)30(19)53)38(58)63-12-18-11-29(64-39(59)14-3-21(45)31(54)22(46)4-14)36(66-41(61)16-7-25(49)33(56)26(50)8-16)37(67-42(62)17-9-27(51)34(57)28(52)10-17)35(18)65-40(60)15-5-23(47)32(55)24(48)6-15;1-20(2)11-10-12-21(3)23-13-16-41(8)29(23)24(44)17-27-40(7)15-14-28(45)39(5,6)36(40)25(18-42(27,41)9)52-38-35(33(49)31(47)26(19-43)53-38)54-37-34(50)32(48)30(46)22(4)51-37/h1-10,18,29,35-37,43-57H,11-12H2;11,22-38,43-50H,3,10,12-19H2,1-2,4-9H3/t18?,29-,35-,36?,37+;22?,23?,24-,25+,26?,27?,28+,29?,30?,31?,32?,33?,34?,35?,36?,37?,38?,40-,41-,42-/m11/s1. The van der Waals surface area contributed by atoms with Crippen LogP contribution in [0.5, 0.6) is 86.2 Å². The van der Waals surface area contributed by atoms with Crippen molar-refractivity contribution < 1.29 is 184 Å². The summed E-state index contributed by atoms with van der Waals surface area (Å²) >= 11 is 0. The summed E-state index contributed by atoms with van der Waals surface area (Å²) in [5.74, 6) is -25.2. The first kappa shape index (κ1) is 91.2. The van der Waals surface area contributed by atoms with Crippen molar-refractivity contribution in [1.82, 2.24) is 0 Å². The van der Waals surface area contributed by atoms with Crippen molar-refractivity contribution in [3.63, 3.8) is 0 Å². The topological polar surface area (TPSA) is 634 Å². The van der Waals surface area contributed by atoms with Gasteiger partial charge in [-0.1, -0.05) is 58.4 Å². The third-order valence-corrected chi connectivity index (χ3v) is 26.0. The number of rotatable bonds is 20. The molecule has 5 saturated carbocycles. The maximum absolute atomic E-state index is 14.0. The maximum Gasteiger partial charge on any atom is 0.338 e. The zero-order chi connectivity index (χ0) is 89.2. The number of esters is 5. The Bertz CT molecular complexity index is 4650. The minimum absolute atomic E-state index is 0.00685. The summed E-state index contributed by atoms with van der Waals surface area (Å²) in [5, 5.41) is 239. The summed E-state index contributed by atoms with van der Waals surface area (Å²) in [5.41, 5.74) is -2.75. The molecular formula is C84H104O37. The van der Waals surface area contributed by atoms with Crippen molar-refractivity contribution >= 4 is 29.8 Å². The molecule has 12 rings (SSSR count). The van der Waals surface area contributed by atoms with Crippen molar-refractivity contribution in [2.75, 3.05) is 13.2 Å². The number of fused-ring (bicyclic) bond motifs is 5. The third kappa shape index (κ3) is 17.5. The highest BCUT2D eigenvalue weighted by Crippen LogP contribution is 2.76. The molecule has 23 N–H and O–H groups in total. The van der Waals surface area contributed by atoms with E-state index < -0.39 is 279 Å². The third-order valence-electron chi connectivity index (χ3n) is 26.0. The SMILES string of the molecule is C=C(CCC=C(C)C)C1CC[C@]2(C)C1[C@H](O)CC1[C@@]3(C)CC[C@H](O)C(C)(C)C3[C@@H](OC3OC(CO)C(O)C(O)C3OC3OC(C)C(O)C(O)C3O)C[C@]12C.O=C(OCC1C[C@@H](OC(=O)c2cc(O)c(O)c(O)c2)C(OC(=O)c2cc(O)c(O)c(O)c2)[C@@H](OC(=O)c2cc(O)c(O)c(O)c2)[C@@H]1OC(=O)c1cc(O)c(O)c(O)c1)c1cc(O)c(O)c(O)c1. The Morgan fingerprint density at radius 3 is 1.37 bits per heavy atom. The normalized spacial score (nSPS) is 33.4. The highest BCUT2D eigenvalue weighted by Gasteiger charge is 2.73. The minimum atomic E-state index is -2.41. The molecule has 2 heterocycles. The van der Waals surface area contributed by atoms with E-state index in [9.17, 15) is 141 Å². The molecule has 16 unspecified atom stereocenters. The van der Waals surface area contributed by atoms with Gasteiger partial charge in [0, 0.05) is 5.92 Å². The van der Waals surface area contributed by atoms with Crippen LogP contribution in [0, 0.1) is 51.2 Å². The van der Waals surface area contributed by atoms with E-state index in [1.165, 1.54) is 18.1 Å². The first-order valence-corrected chi connectivity index (χ1v) is 39.1. The summed E-state index contributed by atoms with van der Waals surface area (Å²) in [4.78, 5) is 68.8. The molecule has 0 radical (unpaired) electrons. The Kier molecular flexibility index (Phi) is 26.5. The Hall–Kier alpha value is -10.6. The number of aliphatic hydroxyl groups is 8. The summed E-state index contributed by atoms with van der Waals surface area (Å²) in [7, 11) is 0. The van der Waals surface area contributed by atoms with Crippen molar-refractivity contribution in [2.24, 2.45) is 51.2 Å². The van der Waals surface area contributed by atoms with Gasteiger partial charge in [0.15, 0.2) is 111 Å². The maximum atomic E-state index is 14.0. The second-order valence-electron chi connectivity index (χ2n) is 34.0. The molecular weight excluding hydrogens is 1600 g/mol. The van der Waals surface area contributed by atoms with Crippen LogP contribution in [0.15, 0.2) is 84.5 Å². The number of hydrogen-bond donors (Lipinski definition) is 23. The quantitative estimate of drug-likeness (QED) is 0.0154. The zero-order valence-electron chi connectivity index (χ0n) is 67.0. The lowest BCUT2D eigenvalue weighted by Gasteiger charge is -2.72. The van der Waals surface area contributed by atoms with Crippen LogP contribution in [0.3, 0.4) is 0 Å². The lowest BCUT2D eigenvalue weighted by molar-refractivity contribution is -0.381. The number of carbonyl (C=O) groups excluding carboxylic acids is 5. The highest BCUT2D eigenvalue weighted by atomic mass is 16.8. The van der Waals surface area contributed by atoms with Gasteiger partial charge in [-0.25, -0.2) is 24.0 Å². The van der Waals surface area contributed by atoms with E-state index >= 15 is 0 Å². The highest BCUT2D eigenvalue weighted by molar-refractivity contribution is 5.94. The monoisotopic (exact) mass is 1700 g/mol. The van der Waals surface area contributed by atoms with E-state index in [-0.39, 0.29) is 39.9 Å². The van der Waals surface area contributed by atoms with E-state index in [1.54, 1.807) is 0 Å². The number of hydrogen-bond acceptors (Lipinski definition) is 37. The van der Waals surface area contributed by atoms with Gasteiger partial charge in [0.1, 0.15) is 54.9 Å². The number of allylic oxidation sites excluding steroid dienone is 3. The van der Waals surface area contributed by atoms with Crippen molar-refractivity contribution in [2.45, 2.75) is 217 Å². The summed E-state index contributed by atoms with van der Waals surface area (Å²) in [6.45, 7) is 19.8. The van der Waals surface area contributed by atoms with E-state index in [0.29, 0.717) is 79.9 Å². The molecule has 662 valence electrons. The molecule has 7 fully saturated rings. The fourth-order valence-corrected chi connectivity index (χ4v) is 19.6. The van der Waals surface area contributed by atoms with E-state index in [1.807, 2.05) is 0 Å².